The van der Waals surface area contributed by atoms with Gasteiger partial charge in [-0.1, -0.05) is 18.2 Å². The molecule has 0 unspecified atom stereocenters. The molecule has 26 heavy (non-hydrogen) atoms. The first-order valence-electron chi connectivity index (χ1n) is 7.82. The molecule has 0 spiro atoms. The highest BCUT2D eigenvalue weighted by Gasteiger charge is 2.15. The molecule has 1 N–H and O–H groups in total. The van der Waals surface area contributed by atoms with Crippen LogP contribution in [0.15, 0.2) is 48.5 Å². The fourth-order valence-electron chi connectivity index (χ4n) is 2.36. The van der Waals surface area contributed by atoms with Gasteiger partial charge in [-0.3, -0.25) is 4.79 Å². The summed E-state index contributed by atoms with van der Waals surface area (Å²) in [6.45, 7) is 0.0972. The minimum absolute atomic E-state index is 0.0972. The number of likely N-dealkylation sites (N-methyl/N-ethyl adjacent to an activating group) is 1. The zero-order valence-electron chi connectivity index (χ0n) is 14.8. The molecular formula is C19H20N2O5. The van der Waals surface area contributed by atoms with Gasteiger partial charge >= 0.3 is 11.9 Å². The molecule has 0 aliphatic carbocycles. The Bertz CT molecular complexity index is 771. The Morgan fingerprint density at radius 1 is 0.923 bits per heavy atom. The van der Waals surface area contributed by atoms with Gasteiger partial charge in [0.2, 0.25) is 5.91 Å². The van der Waals surface area contributed by atoms with Crippen molar-refractivity contribution in [1.29, 1.82) is 0 Å². The first-order chi connectivity index (χ1) is 12.4. The Kier molecular flexibility index (Phi) is 6.32. The molecule has 0 fully saturated rings. The van der Waals surface area contributed by atoms with Crippen molar-refractivity contribution in [2.24, 2.45) is 0 Å². The average Bonchev–Trinajstić information content (AvgIpc) is 2.66. The predicted molar refractivity (Wildman–Crippen MR) is 97.5 cm³/mol. The minimum Gasteiger partial charge on any atom is -0.465 e. The zero-order valence-corrected chi connectivity index (χ0v) is 14.8. The lowest BCUT2D eigenvalue weighted by Crippen LogP contribution is -2.30. The van der Waals surface area contributed by atoms with E-state index in [0.717, 1.165) is 5.69 Å². The number of carbonyl (C=O) groups excluding carboxylic acids is 3. The molecule has 2 aromatic carbocycles. The van der Waals surface area contributed by atoms with E-state index < -0.39 is 11.9 Å². The second-order valence-corrected chi connectivity index (χ2v) is 5.52. The van der Waals surface area contributed by atoms with Gasteiger partial charge in [-0.05, 0) is 30.3 Å². The van der Waals surface area contributed by atoms with Crippen LogP contribution in [0.4, 0.5) is 11.4 Å². The number of methoxy groups -OCH3 is 2. The number of benzene rings is 2. The molecule has 2 aromatic rings. The molecule has 136 valence electrons. The number of ether oxygens (including phenoxy) is 2. The topological polar surface area (TPSA) is 84.9 Å². The second-order valence-electron chi connectivity index (χ2n) is 5.52. The molecule has 0 aromatic heterocycles. The largest absolute Gasteiger partial charge is 0.465 e. The van der Waals surface area contributed by atoms with Crippen LogP contribution < -0.4 is 10.2 Å². The third-order valence-electron chi connectivity index (χ3n) is 3.64. The standard InChI is InChI=1S/C19H20N2O5/c1-21(16-7-5-4-6-8-16)12-17(22)20-15-10-13(18(23)25-2)9-14(11-15)19(24)26-3/h4-11H,12H2,1-3H3,(H,20,22). The number of rotatable bonds is 6. The van der Waals surface area contributed by atoms with Gasteiger partial charge in [-0.15, -0.1) is 0 Å². The fourth-order valence-corrected chi connectivity index (χ4v) is 2.36. The number of carbonyl (C=O) groups is 3. The number of anilines is 2. The number of nitrogens with zero attached hydrogens (tertiary/aromatic N) is 1. The summed E-state index contributed by atoms with van der Waals surface area (Å²) in [5.41, 5.74) is 1.48. The number of hydrogen-bond donors (Lipinski definition) is 1. The maximum atomic E-state index is 12.3. The lowest BCUT2D eigenvalue weighted by molar-refractivity contribution is -0.114. The summed E-state index contributed by atoms with van der Waals surface area (Å²) in [6, 6.07) is 13.7. The summed E-state index contributed by atoms with van der Waals surface area (Å²) in [6.07, 6.45) is 0. The Morgan fingerprint density at radius 3 is 1.96 bits per heavy atom. The van der Waals surface area contributed by atoms with Crippen molar-refractivity contribution in [3.63, 3.8) is 0 Å². The quantitative estimate of drug-likeness (QED) is 0.800. The summed E-state index contributed by atoms with van der Waals surface area (Å²) >= 11 is 0. The Balaban J connectivity index is 2.17. The third-order valence-corrected chi connectivity index (χ3v) is 3.64. The molecule has 0 radical (unpaired) electrons. The first-order valence-corrected chi connectivity index (χ1v) is 7.82. The van der Waals surface area contributed by atoms with E-state index in [-0.39, 0.29) is 23.6 Å². The maximum absolute atomic E-state index is 12.3. The number of para-hydroxylation sites is 1. The van der Waals surface area contributed by atoms with Crippen molar-refractivity contribution in [3.8, 4) is 0 Å². The molecule has 0 atom stereocenters. The van der Waals surface area contributed by atoms with Crippen LogP contribution in [0.5, 0.6) is 0 Å². The molecule has 7 heteroatoms. The lowest BCUT2D eigenvalue weighted by atomic mass is 10.1. The third kappa shape index (κ3) is 4.83. The Morgan fingerprint density at radius 2 is 1.46 bits per heavy atom. The minimum atomic E-state index is -0.618. The normalized spacial score (nSPS) is 9.96. The number of esters is 2. The van der Waals surface area contributed by atoms with Crippen LogP contribution in [0.25, 0.3) is 0 Å². The van der Waals surface area contributed by atoms with Crippen molar-refractivity contribution in [3.05, 3.63) is 59.7 Å². The van der Waals surface area contributed by atoms with Crippen LogP contribution in [0, 0.1) is 0 Å². The van der Waals surface area contributed by atoms with Crippen LogP contribution in [-0.2, 0) is 14.3 Å². The van der Waals surface area contributed by atoms with Gasteiger partial charge in [0, 0.05) is 18.4 Å². The monoisotopic (exact) mass is 356 g/mol. The van der Waals surface area contributed by atoms with E-state index in [1.807, 2.05) is 30.3 Å². The van der Waals surface area contributed by atoms with E-state index >= 15 is 0 Å². The molecule has 2 rings (SSSR count). The Hall–Kier alpha value is -3.35. The molecule has 0 saturated carbocycles. The van der Waals surface area contributed by atoms with Crippen LogP contribution in [0.2, 0.25) is 0 Å². The van der Waals surface area contributed by atoms with E-state index in [9.17, 15) is 14.4 Å². The summed E-state index contributed by atoms with van der Waals surface area (Å²) in [7, 11) is 4.26. The average molecular weight is 356 g/mol. The van der Waals surface area contributed by atoms with E-state index in [4.69, 9.17) is 0 Å². The van der Waals surface area contributed by atoms with Crippen molar-refractivity contribution >= 4 is 29.2 Å². The predicted octanol–water partition coefficient (Wildman–Crippen LogP) is 2.33. The number of nitrogens with one attached hydrogen (secondary N) is 1. The van der Waals surface area contributed by atoms with Crippen LogP contribution in [0.1, 0.15) is 20.7 Å². The molecular weight excluding hydrogens is 336 g/mol. The summed E-state index contributed by atoms with van der Waals surface area (Å²) in [4.78, 5) is 37.7. The number of amides is 1. The van der Waals surface area contributed by atoms with E-state index in [0.29, 0.717) is 5.69 Å². The molecule has 0 saturated heterocycles. The van der Waals surface area contributed by atoms with E-state index in [2.05, 4.69) is 14.8 Å². The maximum Gasteiger partial charge on any atom is 0.337 e. The lowest BCUT2D eigenvalue weighted by Gasteiger charge is -2.19. The zero-order chi connectivity index (χ0) is 19.1. The molecule has 0 heterocycles. The van der Waals surface area contributed by atoms with Crippen LogP contribution in [-0.4, -0.2) is 45.7 Å². The first kappa shape index (κ1) is 19.0. The molecule has 1 amide bonds. The van der Waals surface area contributed by atoms with Crippen LogP contribution >= 0.6 is 0 Å². The fraction of sp³-hybridized carbons (Fsp3) is 0.211. The van der Waals surface area contributed by atoms with Crippen molar-refractivity contribution < 1.29 is 23.9 Å². The summed E-state index contributed by atoms with van der Waals surface area (Å²) < 4.78 is 9.35. The highest BCUT2D eigenvalue weighted by molar-refractivity contribution is 6.00. The SMILES string of the molecule is COC(=O)c1cc(NC(=O)CN(C)c2ccccc2)cc(C(=O)OC)c1. The van der Waals surface area contributed by atoms with Gasteiger partial charge in [-0.2, -0.15) is 0 Å². The van der Waals surface area contributed by atoms with Crippen LogP contribution in [0.3, 0.4) is 0 Å². The molecule has 0 bridgehead atoms. The van der Waals surface area contributed by atoms with Crippen molar-refractivity contribution in [2.45, 2.75) is 0 Å². The summed E-state index contributed by atoms with van der Waals surface area (Å²) in [5, 5.41) is 2.69. The van der Waals surface area contributed by atoms with Crippen molar-refractivity contribution in [2.75, 3.05) is 38.0 Å². The van der Waals surface area contributed by atoms with Gasteiger partial charge in [0.1, 0.15) is 0 Å². The van der Waals surface area contributed by atoms with Gasteiger partial charge in [0.05, 0.1) is 31.9 Å². The molecule has 0 aliphatic heterocycles. The van der Waals surface area contributed by atoms with Gasteiger partial charge in [0.15, 0.2) is 0 Å². The van der Waals surface area contributed by atoms with Gasteiger partial charge in [-0.25, -0.2) is 9.59 Å². The van der Waals surface area contributed by atoms with E-state index in [1.54, 1.807) is 11.9 Å². The van der Waals surface area contributed by atoms with Gasteiger partial charge in [0.25, 0.3) is 0 Å². The molecule has 0 aliphatic rings. The molecule has 7 nitrogen and oxygen atoms in total. The number of hydrogen-bond acceptors (Lipinski definition) is 6. The Labute approximate surface area is 151 Å². The van der Waals surface area contributed by atoms with Gasteiger partial charge < -0.3 is 19.7 Å². The second kappa shape index (κ2) is 8.66. The highest BCUT2D eigenvalue weighted by atomic mass is 16.5. The summed E-state index contributed by atoms with van der Waals surface area (Å²) in [5.74, 6) is -1.53. The van der Waals surface area contributed by atoms with E-state index in [1.165, 1.54) is 32.4 Å². The van der Waals surface area contributed by atoms with Crippen molar-refractivity contribution in [1.82, 2.24) is 0 Å². The highest BCUT2D eigenvalue weighted by Crippen LogP contribution is 2.17. The smallest absolute Gasteiger partial charge is 0.337 e.